The molecule has 0 aromatic heterocycles. The van der Waals surface area contributed by atoms with Crippen LogP contribution >= 0.6 is 7.60 Å². The predicted octanol–water partition coefficient (Wildman–Crippen LogP) is 8.18. The minimum atomic E-state index is -3.21. The van der Waals surface area contributed by atoms with E-state index in [0.29, 0.717) is 24.2 Å². The third-order valence-electron chi connectivity index (χ3n) is 7.63. The molecule has 0 N–H and O–H groups in total. The SMILES string of the molecule is CCCCCCCCCCCCCCOP(=O)(C[N+](C)(C)CC#N)OCCCCCCCCCCCCCC.[I-]. The molecular weight excluding hydrogens is 630 g/mol. The summed E-state index contributed by atoms with van der Waals surface area (Å²) in [6.45, 7) is 5.81. The van der Waals surface area contributed by atoms with Crippen LogP contribution in [0.4, 0.5) is 0 Å². The summed E-state index contributed by atoms with van der Waals surface area (Å²) in [6, 6.07) is 2.21. The zero-order valence-electron chi connectivity index (χ0n) is 27.2. The van der Waals surface area contributed by atoms with Gasteiger partial charge in [-0.2, -0.15) is 5.26 Å². The van der Waals surface area contributed by atoms with Crippen molar-refractivity contribution in [1.82, 2.24) is 0 Å². The Morgan fingerprint density at radius 1 is 0.550 bits per heavy atom. The lowest BCUT2D eigenvalue weighted by atomic mass is 10.1. The topological polar surface area (TPSA) is 59.3 Å². The Hall–Kier alpha value is 0.330. The fourth-order valence-corrected chi connectivity index (χ4v) is 7.21. The Bertz CT molecular complexity index is 579. The molecule has 0 saturated heterocycles. The number of quaternary nitrogens is 1. The molecule has 0 aromatic carbocycles. The molecule has 0 heterocycles. The van der Waals surface area contributed by atoms with Crippen LogP contribution in [0.25, 0.3) is 0 Å². The minimum absolute atomic E-state index is 0. The molecule has 0 aliphatic heterocycles. The van der Waals surface area contributed by atoms with Gasteiger partial charge in [0.15, 0.2) is 12.8 Å². The van der Waals surface area contributed by atoms with Crippen molar-refractivity contribution in [2.24, 2.45) is 0 Å². The molecule has 5 nitrogen and oxygen atoms in total. The highest BCUT2D eigenvalue weighted by Crippen LogP contribution is 2.50. The van der Waals surface area contributed by atoms with Gasteiger partial charge < -0.3 is 37.5 Å². The zero-order chi connectivity index (χ0) is 28.9. The van der Waals surface area contributed by atoms with E-state index in [9.17, 15) is 4.57 Å². The average molecular weight is 699 g/mol. The first kappa shape index (κ1) is 42.5. The fraction of sp³-hybridized carbons (Fsp3) is 0.970. The number of hydrogen-bond donors (Lipinski definition) is 0. The normalized spacial score (nSPS) is 11.9. The Kier molecular flexibility index (Phi) is 32.7. The molecule has 0 unspecified atom stereocenters. The number of rotatable bonds is 31. The highest BCUT2D eigenvalue weighted by Gasteiger charge is 2.34. The van der Waals surface area contributed by atoms with Gasteiger partial charge >= 0.3 is 7.60 Å². The molecule has 40 heavy (non-hydrogen) atoms. The molecule has 0 aliphatic rings. The Morgan fingerprint density at radius 3 is 1.10 bits per heavy atom. The first-order chi connectivity index (χ1) is 18.9. The van der Waals surface area contributed by atoms with Crippen molar-refractivity contribution in [2.45, 2.75) is 168 Å². The quantitative estimate of drug-likeness (QED) is 0.0241. The molecule has 0 spiro atoms. The van der Waals surface area contributed by atoms with E-state index in [1.54, 1.807) is 0 Å². The van der Waals surface area contributed by atoms with Crippen LogP contribution in [-0.2, 0) is 13.6 Å². The molecule has 0 bridgehead atoms. The zero-order valence-corrected chi connectivity index (χ0v) is 30.3. The van der Waals surface area contributed by atoms with Gasteiger partial charge in [-0.25, -0.2) is 0 Å². The maximum atomic E-state index is 13.5. The van der Waals surface area contributed by atoms with Crippen LogP contribution in [0.1, 0.15) is 168 Å². The lowest BCUT2D eigenvalue weighted by Crippen LogP contribution is -3.00. The van der Waals surface area contributed by atoms with Crippen LogP contribution < -0.4 is 24.0 Å². The largest absolute Gasteiger partial charge is 1.00 e. The van der Waals surface area contributed by atoms with Crippen molar-refractivity contribution in [3.8, 4) is 6.07 Å². The van der Waals surface area contributed by atoms with Crippen LogP contribution in [0.2, 0.25) is 0 Å². The van der Waals surface area contributed by atoms with Gasteiger partial charge in [0, 0.05) is 0 Å². The van der Waals surface area contributed by atoms with Gasteiger partial charge in [0.05, 0.1) is 27.3 Å². The first-order valence-electron chi connectivity index (χ1n) is 17.0. The Morgan fingerprint density at radius 2 is 0.825 bits per heavy atom. The summed E-state index contributed by atoms with van der Waals surface area (Å²) in [5, 5.41) is 9.16. The van der Waals surface area contributed by atoms with Gasteiger partial charge in [0.1, 0.15) is 6.07 Å². The lowest BCUT2D eigenvalue weighted by molar-refractivity contribution is -0.872. The molecule has 0 aliphatic carbocycles. The molecular formula is C33H68IN2O3P. The highest BCUT2D eigenvalue weighted by atomic mass is 127. The van der Waals surface area contributed by atoms with Crippen molar-refractivity contribution >= 4 is 7.60 Å². The van der Waals surface area contributed by atoms with E-state index in [1.807, 2.05) is 14.1 Å². The summed E-state index contributed by atoms with van der Waals surface area (Å²) in [4.78, 5) is 0. The van der Waals surface area contributed by atoms with E-state index in [0.717, 1.165) is 25.7 Å². The smallest absolute Gasteiger partial charge is 0.384 e. The number of unbranched alkanes of at least 4 members (excludes halogenated alkanes) is 22. The standard InChI is InChI=1S/C33H68N2O3P.HI/c1-5-7-9-11-13-15-17-19-21-23-25-27-31-37-39(36,33-35(3,4)30-29-34)38-32-28-26-24-22-20-18-16-14-12-10-8-6-2;/h5-28,30-33H2,1-4H3;1H/q+1;/p-1. The van der Waals surface area contributed by atoms with Crippen molar-refractivity contribution in [1.29, 1.82) is 5.26 Å². The molecule has 240 valence electrons. The second kappa shape index (κ2) is 30.8. The van der Waals surface area contributed by atoms with Crippen LogP contribution in [-0.4, -0.2) is 44.6 Å². The molecule has 0 radical (unpaired) electrons. The summed E-state index contributed by atoms with van der Waals surface area (Å²) in [5.41, 5.74) is 0. The van der Waals surface area contributed by atoms with E-state index >= 15 is 0 Å². The van der Waals surface area contributed by atoms with Crippen LogP contribution in [0.15, 0.2) is 0 Å². The molecule has 0 atom stereocenters. The van der Waals surface area contributed by atoms with Gasteiger partial charge in [0.25, 0.3) is 0 Å². The third-order valence-corrected chi connectivity index (χ3v) is 9.89. The number of nitrogens with zero attached hydrogens (tertiary/aromatic N) is 2. The summed E-state index contributed by atoms with van der Waals surface area (Å²) >= 11 is 0. The van der Waals surface area contributed by atoms with E-state index in [2.05, 4.69) is 19.9 Å². The fourth-order valence-electron chi connectivity index (χ4n) is 5.12. The second-order valence-corrected chi connectivity index (χ2v) is 14.5. The summed E-state index contributed by atoms with van der Waals surface area (Å²) < 4.78 is 25.7. The van der Waals surface area contributed by atoms with Gasteiger partial charge in [0.2, 0.25) is 0 Å². The van der Waals surface area contributed by atoms with E-state index in [-0.39, 0.29) is 30.3 Å². The molecule has 0 amide bonds. The number of halogens is 1. The second-order valence-electron chi connectivity index (χ2n) is 12.4. The van der Waals surface area contributed by atoms with Crippen LogP contribution in [0, 0.1) is 11.3 Å². The van der Waals surface area contributed by atoms with E-state index in [4.69, 9.17) is 14.3 Å². The molecule has 0 rings (SSSR count). The van der Waals surface area contributed by atoms with Crippen molar-refractivity contribution < 1.29 is 42.1 Å². The van der Waals surface area contributed by atoms with Gasteiger partial charge in [-0.05, 0) is 12.8 Å². The minimum Gasteiger partial charge on any atom is -1.00 e. The highest BCUT2D eigenvalue weighted by molar-refractivity contribution is 7.53. The monoisotopic (exact) mass is 698 g/mol. The Balaban J connectivity index is 0. The lowest BCUT2D eigenvalue weighted by Gasteiger charge is -2.30. The Labute approximate surface area is 268 Å². The number of hydrogen-bond acceptors (Lipinski definition) is 4. The molecule has 0 aromatic rings. The molecule has 0 fully saturated rings. The summed E-state index contributed by atoms with van der Waals surface area (Å²) in [5.74, 6) is 0. The van der Waals surface area contributed by atoms with Gasteiger partial charge in [-0.1, -0.05) is 155 Å². The maximum Gasteiger partial charge on any atom is 0.384 e. The van der Waals surface area contributed by atoms with Gasteiger partial charge in [-0.3, -0.25) is 4.57 Å². The van der Waals surface area contributed by atoms with Crippen molar-refractivity contribution in [3.63, 3.8) is 0 Å². The van der Waals surface area contributed by atoms with Crippen LogP contribution in [0.5, 0.6) is 0 Å². The predicted molar refractivity (Wildman–Crippen MR) is 169 cm³/mol. The summed E-state index contributed by atoms with van der Waals surface area (Å²) in [7, 11) is 0.639. The summed E-state index contributed by atoms with van der Waals surface area (Å²) in [6.07, 6.45) is 31.3. The number of nitriles is 1. The van der Waals surface area contributed by atoms with Crippen molar-refractivity contribution in [2.75, 3.05) is 40.1 Å². The third kappa shape index (κ3) is 29.8. The molecule has 0 saturated carbocycles. The van der Waals surface area contributed by atoms with Crippen molar-refractivity contribution in [3.05, 3.63) is 0 Å². The van der Waals surface area contributed by atoms with Gasteiger partial charge in [-0.15, -0.1) is 0 Å². The van der Waals surface area contributed by atoms with Crippen LogP contribution in [0.3, 0.4) is 0 Å². The van der Waals surface area contributed by atoms with E-state index < -0.39 is 7.60 Å². The van der Waals surface area contributed by atoms with E-state index in [1.165, 1.54) is 128 Å². The first-order valence-corrected chi connectivity index (χ1v) is 18.7. The molecule has 7 heteroatoms. The average Bonchev–Trinajstić information content (AvgIpc) is 2.89. The maximum absolute atomic E-state index is 13.5.